The van der Waals surface area contributed by atoms with E-state index in [2.05, 4.69) is 4.98 Å². The van der Waals surface area contributed by atoms with Crippen LogP contribution in [0.1, 0.15) is 48.0 Å². The number of ether oxygens (including phenoxy) is 1. The standard InChI is InChI=1S/C21H24N2O4/c1-23(21(20(25)26)11-3-2-4-12-21)19(24)17-5-7-18(8-6-17)27-15-16-9-13-22-14-10-16/h5-10,13-14H,2-4,11-12,15H2,1H3,(H,25,26). The number of carboxylic acids is 1. The van der Waals surface area contributed by atoms with Crippen molar-refractivity contribution in [2.75, 3.05) is 7.05 Å². The lowest BCUT2D eigenvalue weighted by atomic mass is 9.80. The van der Waals surface area contributed by atoms with Crippen LogP contribution in [0.15, 0.2) is 48.8 Å². The highest BCUT2D eigenvalue weighted by atomic mass is 16.5. The predicted molar refractivity (Wildman–Crippen MR) is 101 cm³/mol. The maximum Gasteiger partial charge on any atom is 0.329 e. The molecule has 2 aromatic rings. The van der Waals surface area contributed by atoms with Crippen molar-refractivity contribution in [2.45, 2.75) is 44.2 Å². The van der Waals surface area contributed by atoms with E-state index in [0.29, 0.717) is 30.8 Å². The maximum absolute atomic E-state index is 12.9. The molecule has 1 aromatic carbocycles. The molecule has 1 aromatic heterocycles. The molecule has 1 saturated carbocycles. The monoisotopic (exact) mass is 368 g/mol. The van der Waals surface area contributed by atoms with Gasteiger partial charge in [0.1, 0.15) is 17.9 Å². The molecule has 0 atom stereocenters. The molecule has 3 rings (SSSR count). The summed E-state index contributed by atoms with van der Waals surface area (Å²) in [4.78, 5) is 30.1. The molecule has 1 amide bonds. The number of hydrogen-bond donors (Lipinski definition) is 1. The molecule has 0 bridgehead atoms. The first kappa shape index (κ1) is 18.9. The lowest BCUT2D eigenvalue weighted by Gasteiger charge is -2.41. The number of carbonyl (C=O) groups is 2. The average Bonchev–Trinajstić information content (AvgIpc) is 2.72. The van der Waals surface area contributed by atoms with E-state index in [1.807, 2.05) is 12.1 Å². The van der Waals surface area contributed by atoms with Crippen molar-refractivity contribution in [1.82, 2.24) is 9.88 Å². The van der Waals surface area contributed by atoms with Crippen molar-refractivity contribution in [1.29, 1.82) is 0 Å². The van der Waals surface area contributed by atoms with Gasteiger partial charge in [-0.1, -0.05) is 19.3 Å². The van der Waals surface area contributed by atoms with Gasteiger partial charge in [-0.3, -0.25) is 9.78 Å². The Morgan fingerprint density at radius 1 is 1.07 bits per heavy atom. The zero-order valence-electron chi connectivity index (χ0n) is 15.4. The van der Waals surface area contributed by atoms with E-state index in [-0.39, 0.29) is 5.91 Å². The van der Waals surface area contributed by atoms with Crippen molar-refractivity contribution < 1.29 is 19.4 Å². The van der Waals surface area contributed by atoms with Gasteiger partial charge < -0.3 is 14.7 Å². The van der Waals surface area contributed by atoms with E-state index in [9.17, 15) is 14.7 Å². The molecule has 6 heteroatoms. The first-order chi connectivity index (χ1) is 13.0. The molecule has 1 N–H and O–H groups in total. The molecule has 1 aliphatic carbocycles. The smallest absolute Gasteiger partial charge is 0.329 e. The predicted octanol–water partition coefficient (Wildman–Crippen LogP) is 3.52. The summed E-state index contributed by atoms with van der Waals surface area (Å²) in [5.41, 5.74) is 0.358. The van der Waals surface area contributed by atoms with Crippen molar-refractivity contribution >= 4 is 11.9 Å². The fraction of sp³-hybridized carbons (Fsp3) is 0.381. The number of amides is 1. The van der Waals surface area contributed by atoms with Crippen LogP contribution >= 0.6 is 0 Å². The summed E-state index contributed by atoms with van der Waals surface area (Å²) in [6.45, 7) is 0.415. The van der Waals surface area contributed by atoms with Gasteiger partial charge >= 0.3 is 5.97 Å². The second-order valence-corrected chi connectivity index (χ2v) is 6.93. The van der Waals surface area contributed by atoms with Gasteiger partial charge in [0, 0.05) is 25.0 Å². The van der Waals surface area contributed by atoms with E-state index in [1.165, 1.54) is 4.90 Å². The summed E-state index contributed by atoms with van der Waals surface area (Å²) >= 11 is 0. The number of hydrogen-bond acceptors (Lipinski definition) is 4. The fourth-order valence-electron chi connectivity index (χ4n) is 3.56. The van der Waals surface area contributed by atoms with E-state index in [4.69, 9.17) is 4.74 Å². The van der Waals surface area contributed by atoms with Gasteiger partial charge in [0.2, 0.25) is 0 Å². The molecule has 1 heterocycles. The number of carbonyl (C=O) groups excluding carboxylic acids is 1. The van der Waals surface area contributed by atoms with E-state index < -0.39 is 11.5 Å². The number of pyridine rings is 1. The van der Waals surface area contributed by atoms with Crippen molar-refractivity contribution in [3.63, 3.8) is 0 Å². The first-order valence-electron chi connectivity index (χ1n) is 9.16. The van der Waals surface area contributed by atoms with Crippen LogP contribution in [0.3, 0.4) is 0 Å². The summed E-state index contributed by atoms with van der Waals surface area (Å²) in [5, 5.41) is 9.76. The van der Waals surface area contributed by atoms with Gasteiger partial charge in [-0.25, -0.2) is 4.79 Å². The lowest BCUT2D eigenvalue weighted by Crippen LogP contribution is -2.56. The Balaban J connectivity index is 1.68. The van der Waals surface area contributed by atoms with Crippen molar-refractivity contribution in [2.24, 2.45) is 0 Å². The number of aliphatic carboxylic acids is 1. The topological polar surface area (TPSA) is 79.7 Å². The zero-order chi connectivity index (χ0) is 19.3. The SMILES string of the molecule is CN(C(=O)c1ccc(OCc2ccncc2)cc1)C1(C(=O)O)CCCCC1. The van der Waals surface area contributed by atoms with Crippen LogP contribution < -0.4 is 4.74 Å². The Hall–Kier alpha value is -2.89. The van der Waals surface area contributed by atoms with Crippen LogP contribution in [0.25, 0.3) is 0 Å². The summed E-state index contributed by atoms with van der Waals surface area (Å²) in [5.74, 6) is -0.549. The van der Waals surface area contributed by atoms with Crippen LogP contribution in [-0.4, -0.2) is 39.5 Å². The van der Waals surface area contributed by atoms with Gasteiger partial charge in [-0.15, -0.1) is 0 Å². The summed E-state index contributed by atoms with van der Waals surface area (Å²) in [6.07, 6.45) is 7.08. The third kappa shape index (κ3) is 4.10. The van der Waals surface area contributed by atoms with Crippen LogP contribution in [0.4, 0.5) is 0 Å². The molecule has 27 heavy (non-hydrogen) atoms. The highest BCUT2D eigenvalue weighted by Gasteiger charge is 2.45. The quantitative estimate of drug-likeness (QED) is 0.844. The van der Waals surface area contributed by atoms with Crippen LogP contribution in [0.2, 0.25) is 0 Å². The van der Waals surface area contributed by atoms with E-state index in [0.717, 1.165) is 24.8 Å². The maximum atomic E-state index is 12.9. The van der Waals surface area contributed by atoms with Crippen molar-refractivity contribution in [3.8, 4) is 5.75 Å². The summed E-state index contributed by atoms with van der Waals surface area (Å²) < 4.78 is 5.71. The minimum atomic E-state index is -1.11. The molecule has 1 aliphatic rings. The van der Waals surface area contributed by atoms with Gasteiger partial charge in [0.25, 0.3) is 5.91 Å². The van der Waals surface area contributed by atoms with Crippen LogP contribution in [0, 0.1) is 0 Å². The molecule has 0 radical (unpaired) electrons. The molecule has 0 spiro atoms. The van der Waals surface area contributed by atoms with Gasteiger partial charge in [0.15, 0.2) is 0 Å². The Bertz CT molecular complexity index is 784. The highest BCUT2D eigenvalue weighted by molar-refractivity contribution is 5.97. The molecule has 0 aliphatic heterocycles. The molecular formula is C21H24N2O4. The number of carboxylic acid groups (broad SMARTS) is 1. The minimum Gasteiger partial charge on any atom is -0.489 e. The van der Waals surface area contributed by atoms with E-state index >= 15 is 0 Å². The van der Waals surface area contributed by atoms with Gasteiger partial charge in [-0.05, 0) is 54.8 Å². The zero-order valence-corrected chi connectivity index (χ0v) is 15.4. The third-order valence-electron chi connectivity index (χ3n) is 5.28. The van der Waals surface area contributed by atoms with Crippen LogP contribution in [0.5, 0.6) is 5.75 Å². The highest BCUT2D eigenvalue weighted by Crippen LogP contribution is 2.34. The normalized spacial score (nSPS) is 15.7. The van der Waals surface area contributed by atoms with E-state index in [1.54, 1.807) is 43.7 Å². The third-order valence-corrected chi connectivity index (χ3v) is 5.28. The largest absolute Gasteiger partial charge is 0.489 e. The molecule has 6 nitrogen and oxygen atoms in total. The number of nitrogens with zero attached hydrogens (tertiary/aromatic N) is 2. The second kappa shape index (κ2) is 8.20. The second-order valence-electron chi connectivity index (χ2n) is 6.93. The molecular weight excluding hydrogens is 344 g/mol. The lowest BCUT2D eigenvalue weighted by molar-refractivity contribution is -0.151. The van der Waals surface area contributed by atoms with Crippen molar-refractivity contribution in [3.05, 3.63) is 59.9 Å². The van der Waals surface area contributed by atoms with Gasteiger partial charge in [0.05, 0.1) is 0 Å². The Kier molecular flexibility index (Phi) is 5.74. The van der Waals surface area contributed by atoms with Crippen LogP contribution in [-0.2, 0) is 11.4 Å². The fourth-order valence-corrected chi connectivity index (χ4v) is 3.56. The van der Waals surface area contributed by atoms with Gasteiger partial charge in [-0.2, -0.15) is 0 Å². The molecule has 0 unspecified atom stereocenters. The molecule has 0 saturated heterocycles. The summed E-state index contributed by atoms with van der Waals surface area (Å²) in [6, 6.07) is 10.6. The number of benzene rings is 1. The minimum absolute atomic E-state index is 0.278. The first-order valence-corrected chi connectivity index (χ1v) is 9.16. The average molecular weight is 368 g/mol. The summed E-state index contributed by atoms with van der Waals surface area (Å²) in [7, 11) is 1.59. The Morgan fingerprint density at radius 2 is 1.70 bits per heavy atom. The number of rotatable bonds is 6. The molecule has 142 valence electrons. The number of aromatic nitrogens is 1. The Morgan fingerprint density at radius 3 is 2.30 bits per heavy atom. The number of likely N-dealkylation sites (N-methyl/N-ethyl adjacent to an activating group) is 1. The Labute approximate surface area is 158 Å². The molecule has 1 fully saturated rings.